The van der Waals surface area contributed by atoms with Crippen molar-refractivity contribution in [2.45, 2.75) is 251 Å². The maximum absolute atomic E-state index is 12.6. The molecule has 0 aliphatic carbocycles. The van der Waals surface area contributed by atoms with Crippen LogP contribution < -0.4 is 5.73 Å². The lowest BCUT2D eigenvalue weighted by atomic mass is 10.0. The minimum Gasteiger partial charge on any atom is -0.480 e. The van der Waals surface area contributed by atoms with Crippen LogP contribution in [-0.4, -0.2) is 59.9 Å². The number of carboxylic acids is 1. The fraction of sp³-hybridized carbons (Fsp3) is 0.894. The predicted molar refractivity (Wildman–Crippen MR) is 240 cm³/mol. The number of phosphoric acid groups is 1. The number of ether oxygens (including phenoxy) is 2. The molecule has 0 saturated heterocycles. The third-order valence-corrected chi connectivity index (χ3v) is 11.7. The van der Waals surface area contributed by atoms with Gasteiger partial charge in [-0.25, -0.2) is 4.57 Å². The van der Waals surface area contributed by atoms with E-state index in [2.05, 4.69) is 30.5 Å². The highest BCUT2D eigenvalue weighted by molar-refractivity contribution is 7.47. The number of carbonyl (C=O) groups excluding carboxylic acids is 2. The first-order valence-corrected chi connectivity index (χ1v) is 25.7. The van der Waals surface area contributed by atoms with E-state index in [0.29, 0.717) is 12.8 Å². The van der Waals surface area contributed by atoms with E-state index in [9.17, 15) is 23.8 Å². The molecule has 348 valence electrons. The Kier molecular flexibility index (Phi) is 41.6. The van der Waals surface area contributed by atoms with Gasteiger partial charge in [0.15, 0.2) is 6.10 Å². The zero-order valence-corrected chi connectivity index (χ0v) is 38.8. The summed E-state index contributed by atoms with van der Waals surface area (Å²) in [6, 6.07) is -1.52. The van der Waals surface area contributed by atoms with Crippen LogP contribution in [0.2, 0.25) is 0 Å². The fourth-order valence-electron chi connectivity index (χ4n) is 6.94. The lowest BCUT2D eigenvalue weighted by molar-refractivity contribution is -0.161. The molecule has 4 N–H and O–H groups in total. The molecule has 0 rings (SSSR count). The third kappa shape index (κ3) is 42.7. The van der Waals surface area contributed by atoms with Gasteiger partial charge in [-0.1, -0.05) is 199 Å². The summed E-state index contributed by atoms with van der Waals surface area (Å²) in [5, 5.41) is 8.90. The average molecular weight is 860 g/mol. The summed E-state index contributed by atoms with van der Waals surface area (Å²) < 4.78 is 32.8. The van der Waals surface area contributed by atoms with E-state index in [0.717, 1.165) is 38.5 Å². The molecule has 3 atom stereocenters. The molecule has 1 unspecified atom stereocenters. The predicted octanol–water partition coefficient (Wildman–Crippen LogP) is 13.2. The molecular formula is C47H90NO10P. The maximum atomic E-state index is 12.6. The lowest BCUT2D eigenvalue weighted by Gasteiger charge is -2.20. The Balaban J connectivity index is 4.22. The molecule has 59 heavy (non-hydrogen) atoms. The molecule has 0 aromatic carbocycles. The van der Waals surface area contributed by atoms with Crippen LogP contribution in [0, 0.1) is 0 Å². The van der Waals surface area contributed by atoms with Crippen molar-refractivity contribution in [3.8, 4) is 0 Å². The van der Waals surface area contributed by atoms with Crippen LogP contribution in [0.3, 0.4) is 0 Å². The number of esters is 2. The number of unbranched alkanes of at least 4 members (excludes halogenated alkanes) is 30. The van der Waals surface area contributed by atoms with Gasteiger partial charge in [0.05, 0.1) is 13.2 Å². The molecule has 0 radical (unpaired) electrons. The summed E-state index contributed by atoms with van der Waals surface area (Å²) in [5.41, 5.74) is 5.34. The fourth-order valence-corrected chi connectivity index (χ4v) is 7.72. The van der Waals surface area contributed by atoms with Crippen LogP contribution in [0.15, 0.2) is 12.2 Å². The third-order valence-electron chi connectivity index (χ3n) is 10.8. The van der Waals surface area contributed by atoms with Gasteiger partial charge >= 0.3 is 25.7 Å². The van der Waals surface area contributed by atoms with Crippen LogP contribution in [0.25, 0.3) is 0 Å². The summed E-state index contributed by atoms with van der Waals surface area (Å²) in [5.74, 6) is -2.36. The summed E-state index contributed by atoms with van der Waals surface area (Å²) >= 11 is 0. The molecule has 11 nitrogen and oxygen atoms in total. The highest BCUT2D eigenvalue weighted by Gasteiger charge is 2.28. The Morgan fingerprint density at radius 1 is 0.508 bits per heavy atom. The molecular weight excluding hydrogens is 769 g/mol. The van der Waals surface area contributed by atoms with E-state index < -0.39 is 51.1 Å². The van der Waals surface area contributed by atoms with Gasteiger partial charge in [-0.3, -0.25) is 23.4 Å². The van der Waals surface area contributed by atoms with Crippen molar-refractivity contribution in [1.29, 1.82) is 0 Å². The smallest absolute Gasteiger partial charge is 0.472 e. The zero-order valence-electron chi connectivity index (χ0n) is 37.9. The molecule has 0 amide bonds. The second-order valence-electron chi connectivity index (χ2n) is 16.6. The Morgan fingerprint density at radius 2 is 0.847 bits per heavy atom. The Morgan fingerprint density at radius 3 is 1.24 bits per heavy atom. The number of hydrogen-bond donors (Lipinski definition) is 3. The summed E-state index contributed by atoms with van der Waals surface area (Å²) in [4.78, 5) is 46.1. The SMILES string of the molecule is CCCCCCCC/C=C/CCCCCCCCCCCCCC(=O)OC[C@@H](COP(=O)(O)OC[C@H](N)C(=O)O)OC(=O)CCCCCCCCCCCCCCCC. The lowest BCUT2D eigenvalue weighted by Crippen LogP contribution is -2.34. The van der Waals surface area contributed by atoms with E-state index in [1.165, 1.54) is 161 Å². The first-order chi connectivity index (χ1) is 28.6. The van der Waals surface area contributed by atoms with Gasteiger partial charge < -0.3 is 25.2 Å². The van der Waals surface area contributed by atoms with Crippen molar-refractivity contribution in [1.82, 2.24) is 0 Å². The first-order valence-electron chi connectivity index (χ1n) is 24.2. The van der Waals surface area contributed by atoms with Crippen LogP contribution in [0.5, 0.6) is 0 Å². The van der Waals surface area contributed by atoms with Gasteiger partial charge in [-0.2, -0.15) is 0 Å². The number of hydrogen-bond acceptors (Lipinski definition) is 9. The average Bonchev–Trinajstić information content (AvgIpc) is 3.21. The molecule has 12 heteroatoms. The summed E-state index contributed by atoms with van der Waals surface area (Å²) in [6.45, 7) is 2.84. The van der Waals surface area contributed by atoms with E-state index in [1.807, 2.05) is 0 Å². The molecule has 0 bridgehead atoms. The van der Waals surface area contributed by atoms with Crippen molar-refractivity contribution in [2.75, 3.05) is 19.8 Å². The largest absolute Gasteiger partial charge is 0.480 e. The van der Waals surface area contributed by atoms with Gasteiger partial charge in [-0.15, -0.1) is 0 Å². The highest BCUT2D eigenvalue weighted by Crippen LogP contribution is 2.43. The minimum absolute atomic E-state index is 0.167. The standard InChI is InChI=1S/C47H90NO10P/c1-3-5-7-9-11-13-15-17-19-20-21-22-23-24-25-27-28-30-32-34-36-38-45(49)55-40-43(41-56-59(53,54)57-42-44(48)47(51)52)58-46(50)39-37-35-33-31-29-26-18-16-14-12-10-8-6-4-2/h17,19,43-44H,3-16,18,20-42,48H2,1-2H3,(H,51,52)(H,53,54)/b19-17+/t43-,44-/m0/s1. The first kappa shape index (κ1) is 57.2. The van der Waals surface area contributed by atoms with E-state index in [-0.39, 0.29) is 19.4 Å². The van der Waals surface area contributed by atoms with Crippen molar-refractivity contribution in [3.05, 3.63) is 12.2 Å². The number of phosphoric ester groups is 1. The molecule has 0 heterocycles. The number of allylic oxidation sites excluding steroid dienone is 2. The van der Waals surface area contributed by atoms with Gasteiger partial charge in [0.2, 0.25) is 0 Å². The molecule has 0 saturated carbocycles. The normalized spacial score (nSPS) is 13.7. The monoisotopic (exact) mass is 860 g/mol. The molecule has 0 aromatic rings. The van der Waals surface area contributed by atoms with Crippen molar-refractivity contribution >= 4 is 25.7 Å². The Labute approximate surface area is 360 Å². The van der Waals surface area contributed by atoms with Gasteiger partial charge in [0.1, 0.15) is 12.6 Å². The summed E-state index contributed by atoms with van der Waals surface area (Å²) in [6.07, 6.45) is 44.2. The van der Waals surface area contributed by atoms with Crippen molar-refractivity contribution in [2.24, 2.45) is 5.73 Å². The number of rotatable bonds is 46. The number of aliphatic carboxylic acids is 1. The topological polar surface area (TPSA) is 172 Å². The van der Waals surface area contributed by atoms with Crippen LogP contribution in [-0.2, 0) is 37.5 Å². The van der Waals surface area contributed by atoms with Crippen molar-refractivity contribution in [3.63, 3.8) is 0 Å². The van der Waals surface area contributed by atoms with E-state index in [4.69, 9.17) is 24.8 Å². The summed E-state index contributed by atoms with van der Waals surface area (Å²) in [7, 11) is -4.71. The van der Waals surface area contributed by atoms with Gasteiger partial charge in [-0.05, 0) is 38.5 Å². The van der Waals surface area contributed by atoms with E-state index in [1.54, 1.807) is 0 Å². The number of carbonyl (C=O) groups is 3. The van der Waals surface area contributed by atoms with Crippen molar-refractivity contribution < 1.29 is 47.5 Å². The minimum atomic E-state index is -4.71. The molecule has 0 aliphatic rings. The number of nitrogens with two attached hydrogens (primary N) is 1. The Bertz CT molecular complexity index is 1060. The quantitative estimate of drug-likeness (QED) is 0.0230. The second-order valence-corrected chi connectivity index (χ2v) is 18.1. The Hall–Kier alpha value is -1.78. The van der Waals surface area contributed by atoms with Crippen LogP contribution in [0.1, 0.15) is 239 Å². The molecule has 0 aromatic heterocycles. The molecule has 0 spiro atoms. The second kappa shape index (κ2) is 42.9. The molecule has 0 aliphatic heterocycles. The maximum Gasteiger partial charge on any atom is 0.472 e. The van der Waals surface area contributed by atoms with Gasteiger partial charge in [0, 0.05) is 12.8 Å². The van der Waals surface area contributed by atoms with Crippen LogP contribution in [0.4, 0.5) is 0 Å². The zero-order chi connectivity index (χ0) is 43.5. The van der Waals surface area contributed by atoms with Crippen LogP contribution >= 0.6 is 7.82 Å². The van der Waals surface area contributed by atoms with E-state index >= 15 is 0 Å². The number of carboxylic acid groups (broad SMARTS) is 1. The van der Waals surface area contributed by atoms with Gasteiger partial charge in [0.25, 0.3) is 0 Å². The highest BCUT2D eigenvalue weighted by atomic mass is 31.2. The molecule has 0 fully saturated rings.